The molecule has 3 aromatic rings. The number of hydrogen-bond acceptors (Lipinski definition) is 5. The predicted octanol–water partition coefficient (Wildman–Crippen LogP) is 4.41. The fourth-order valence-electron chi connectivity index (χ4n) is 3.74. The molecule has 0 fully saturated rings. The topological polar surface area (TPSA) is 120 Å². The number of halogens is 4. The predicted molar refractivity (Wildman–Crippen MR) is 136 cm³/mol. The van der Waals surface area contributed by atoms with E-state index >= 15 is 0 Å². The lowest BCUT2D eigenvalue weighted by Gasteiger charge is -2.20. The van der Waals surface area contributed by atoms with E-state index in [0.717, 1.165) is 10.2 Å². The number of amides is 2. The Kier molecular flexibility index (Phi) is 9.54. The maximum absolute atomic E-state index is 13.3. The van der Waals surface area contributed by atoms with Gasteiger partial charge in [-0.3, -0.25) is 9.59 Å². The molecule has 208 valence electrons. The molecular weight excluding hydrogens is 548 g/mol. The summed E-state index contributed by atoms with van der Waals surface area (Å²) < 4.78 is 80.4. The summed E-state index contributed by atoms with van der Waals surface area (Å²) in [6.45, 7) is 3.79. The summed E-state index contributed by atoms with van der Waals surface area (Å²) in [5.74, 6) is -1.91. The molecule has 0 saturated heterocycles. The second-order valence-corrected chi connectivity index (χ2v) is 11.8. The van der Waals surface area contributed by atoms with Crippen LogP contribution in [0.3, 0.4) is 0 Å². The molecule has 4 N–H and O–H groups in total. The van der Waals surface area contributed by atoms with Crippen LogP contribution in [0.2, 0.25) is 0 Å². The number of hydrogen-bond donors (Lipinski definition) is 4. The van der Waals surface area contributed by atoms with Gasteiger partial charge in [0.1, 0.15) is 17.6 Å². The molecule has 3 rings (SSSR count). The van der Waals surface area contributed by atoms with Crippen molar-refractivity contribution in [3.8, 4) is 0 Å². The Balaban J connectivity index is 1.49. The highest BCUT2D eigenvalue weighted by Crippen LogP contribution is 2.34. The number of sulfonamides is 1. The first-order valence-electron chi connectivity index (χ1n) is 11.8. The van der Waals surface area contributed by atoms with Crippen LogP contribution in [0.4, 0.5) is 17.6 Å². The minimum absolute atomic E-state index is 0.112. The van der Waals surface area contributed by atoms with Gasteiger partial charge in [-0.05, 0) is 60.9 Å². The number of aromatic nitrogens is 1. The number of aromatic amines is 1. The molecule has 2 amide bonds. The first kappa shape index (κ1) is 29.6. The Morgan fingerprint density at radius 1 is 1.08 bits per heavy atom. The number of benzene rings is 1. The van der Waals surface area contributed by atoms with Gasteiger partial charge >= 0.3 is 6.18 Å². The molecule has 1 aromatic carbocycles. The highest BCUT2D eigenvalue weighted by molar-refractivity contribution is 7.89. The lowest BCUT2D eigenvalue weighted by atomic mass is 10.0. The zero-order valence-electron chi connectivity index (χ0n) is 20.6. The number of H-pyrrole nitrogens is 1. The SMILES string of the molecule is CC(C)C[C@@H](NC(=O)c1cc2sccc2[nH]1)C(=O)NCCCCNS(=O)(=O)c1ccc(F)cc1C(F)(F)F. The number of nitrogens with one attached hydrogen (secondary N) is 4. The summed E-state index contributed by atoms with van der Waals surface area (Å²) in [5.41, 5.74) is -0.417. The zero-order chi connectivity index (χ0) is 28.1. The van der Waals surface area contributed by atoms with E-state index < -0.39 is 50.3 Å². The third-order valence-electron chi connectivity index (χ3n) is 5.54. The Hall–Kier alpha value is -2.97. The van der Waals surface area contributed by atoms with Crippen molar-refractivity contribution < 1.29 is 35.6 Å². The number of carbonyl (C=O) groups excluding carboxylic acids is 2. The Morgan fingerprint density at radius 3 is 2.45 bits per heavy atom. The number of thiophene rings is 1. The highest BCUT2D eigenvalue weighted by atomic mass is 32.2. The van der Waals surface area contributed by atoms with Crippen LogP contribution in [0.5, 0.6) is 0 Å². The molecular formula is C24H28F4N4O4S2. The molecule has 0 spiro atoms. The summed E-state index contributed by atoms with van der Waals surface area (Å²) in [6, 6.07) is 4.12. The standard InChI is InChI=1S/C24H28F4N4O4S2/c1-14(2)11-18(32-23(34)19-13-20-17(31-19)7-10-37-20)22(33)29-8-3-4-9-30-38(35,36)21-6-5-15(25)12-16(21)24(26,27)28/h5-7,10,12-14,18,30-31H,3-4,8-9,11H2,1-2H3,(H,29,33)(H,32,34)/t18-/m1/s1. The largest absolute Gasteiger partial charge is 0.417 e. The van der Waals surface area contributed by atoms with Crippen LogP contribution in [0, 0.1) is 11.7 Å². The van der Waals surface area contributed by atoms with Crippen LogP contribution in [-0.4, -0.2) is 44.3 Å². The number of rotatable bonds is 12. The van der Waals surface area contributed by atoms with Crippen LogP contribution in [0.15, 0.2) is 40.6 Å². The molecule has 1 atom stereocenters. The van der Waals surface area contributed by atoms with E-state index in [9.17, 15) is 35.6 Å². The number of alkyl halides is 3. The van der Waals surface area contributed by atoms with E-state index in [-0.39, 0.29) is 31.5 Å². The summed E-state index contributed by atoms with van der Waals surface area (Å²) in [4.78, 5) is 27.3. The van der Waals surface area contributed by atoms with Crippen molar-refractivity contribution >= 4 is 43.4 Å². The van der Waals surface area contributed by atoms with Crippen LogP contribution in [-0.2, 0) is 21.0 Å². The van der Waals surface area contributed by atoms with Gasteiger partial charge in [0, 0.05) is 13.1 Å². The van der Waals surface area contributed by atoms with Crippen molar-refractivity contribution in [3.63, 3.8) is 0 Å². The minimum atomic E-state index is -5.05. The van der Waals surface area contributed by atoms with Crippen LogP contribution < -0.4 is 15.4 Å². The van der Waals surface area contributed by atoms with Crippen molar-refractivity contribution in [2.24, 2.45) is 5.92 Å². The second kappa shape index (κ2) is 12.3. The molecule has 0 aliphatic carbocycles. The van der Waals surface area contributed by atoms with E-state index in [0.29, 0.717) is 30.7 Å². The molecule has 2 aromatic heterocycles. The highest BCUT2D eigenvalue weighted by Gasteiger charge is 2.37. The average molecular weight is 577 g/mol. The molecule has 0 radical (unpaired) electrons. The quantitative estimate of drug-likeness (QED) is 0.189. The van der Waals surface area contributed by atoms with Gasteiger partial charge < -0.3 is 15.6 Å². The molecule has 38 heavy (non-hydrogen) atoms. The Bertz CT molecular complexity index is 1350. The zero-order valence-corrected chi connectivity index (χ0v) is 22.2. The van der Waals surface area contributed by atoms with Crippen molar-refractivity contribution in [1.29, 1.82) is 0 Å². The van der Waals surface area contributed by atoms with Crippen molar-refractivity contribution in [1.82, 2.24) is 20.3 Å². The van der Waals surface area contributed by atoms with Gasteiger partial charge in [-0.25, -0.2) is 17.5 Å². The minimum Gasteiger partial charge on any atom is -0.354 e. The Labute approximate surface area is 221 Å². The van der Waals surface area contributed by atoms with Gasteiger partial charge in [0.2, 0.25) is 15.9 Å². The lowest BCUT2D eigenvalue weighted by Crippen LogP contribution is -2.47. The van der Waals surface area contributed by atoms with Crippen molar-refractivity contribution in [3.05, 3.63) is 52.8 Å². The third kappa shape index (κ3) is 7.77. The summed E-state index contributed by atoms with van der Waals surface area (Å²) in [5, 5.41) is 7.33. The van der Waals surface area contributed by atoms with Gasteiger partial charge in [0.15, 0.2) is 0 Å². The van der Waals surface area contributed by atoms with E-state index in [1.165, 1.54) is 11.3 Å². The molecule has 0 aliphatic rings. The average Bonchev–Trinajstić information content (AvgIpc) is 3.42. The van der Waals surface area contributed by atoms with Gasteiger partial charge in [-0.2, -0.15) is 13.2 Å². The smallest absolute Gasteiger partial charge is 0.354 e. The van der Waals surface area contributed by atoms with E-state index in [2.05, 4.69) is 20.3 Å². The van der Waals surface area contributed by atoms with Crippen LogP contribution in [0.1, 0.15) is 49.2 Å². The normalized spacial score (nSPS) is 13.1. The lowest BCUT2D eigenvalue weighted by molar-refractivity contribution is -0.140. The van der Waals surface area contributed by atoms with E-state index in [1.807, 2.05) is 25.3 Å². The number of fused-ring (bicyclic) bond motifs is 1. The molecule has 8 nitrogen and oxygen atoms in total. The first-order chi connectivity index (χ1) is 17.8. The summed E-state index contributed by atoms with van der Waals surface area (Å²) in [7, 11) is -4.54. The Morgan fingerprint density at radius 2 is 1.79 bits per heavy atom. The van der Waals surface area contributed by atoms with Crippen LogP contribution >= 0.6 is 11.3 Å². The van der Waals surface area contributed by atoms with Gasteiger partial charge in [-0.15, -0.1) is 11.3 Å². The number of carbonyl (C=O) groups is 2. The fraction of sp³-hybridized carbons (Fsp3) is 0.417. The second-order valence-electron chi connectivity index (χ2n) is 9.07. The monoisotopic (exact) mass is 576 g/mol. The molecule has 0 bridgehead atoms. The maximum Gasteiger partial charge on any atom is 0.417 e. The maximum atomic E-state index is 13.3. The molecule has 2 heterocycles. The van der Waals surface area contributed by atoms with E-state index in [4.69, 9.17) is 0 Å². The van der Waals surface area contributed by atoms with Gasteiger partial charge in [0.25, 0.3) is 5.91 Å². The molecule has 0 unspecified atom stereocenters. The van der Waals surface area contributed by atoms with Gasteiger partial charge in [0.05, 0.1) is 20.7 Å². The molecule has 0 saturated carbocycles. The molecule has 14 heteroatoms. The number of unbranched alkanes of at least 4 members (excludes halogenated alkanes) is 1. The fourth-order valence-corrected chi connectivity index (χ4v) is 5.80. The van der Waals surface area contributed by atoms with Crippen molar-refractivity contribution in [2.75, 3.05) is 13.1 Å². The third-order valence-corrected chi connectivity index (χ3v) is 7.93. The van der Waals surface area contributed by atoms with Crippen molar-refractivity contribution in [2.45, 2.75) is 50.2 Å². The molecule has 0 aliphatic heterocycles. The van der Waals surface area contributed by atoms with E-state index in [1.54, 1.807) is 6.07 Å². The van der Waals surface area contributed by atoms with Gasteiger partial charge in [-0.1, -0.05) is 13.8 Å². The summed E-state index contributed by atoms with van der Waals surface area (Å²) >= 11 is 1.48. The first-order valence-corrected chi connectivity index (χ1v) is 14.2. The summed E-state index contributed by atoms with van der Waals surface area (Å²) in [6.07, 6.45) is -4.12. The van der Waals surface area contributed by atoms with Crippen LogP contribution in [0.25, 0.3) is 10.2 Å².